The molecule has 3 nitrogen and oxygen atoms in total. The number of thiazole rings is 1. The molecule has 4 rings (SSSR count). The molecule has 0 N–H and O–H groups in total. The summed E-state index contributed by atoms with van der Waals surface area (Å²) in [7, 11) is 0. The smallest absolute Gasteiger partial charge is 0.233 e. The van der Waals surface area contributed by atoms with E-state index in [0.717, 1.165) is 21.3 Å². The van der Waals surface area contributed by atoms with Crippen LogP contribution in [0, 0.1) is 0 Å². The van der Waals surface area contributed by atoms with Crippen LogP contribution < -0.4 is 4.90 Å². The van der Waals surface area contributed by atoms with Gasteiger partial charge in [-0.1, -0.05) is 91.4 Å². The lowest BCUT2D eigenvalue weighted by Gasteiger charge is -2.20. The molecule has 0 aliphatic carbocycles. The molecular weight excluding hydrogens is 412 g/mol. The first-order chi connectivity index (χ1) is 14.5. The van der Waals surface area contributed by atoms with Gasteiger partial charge < -0.3 is 0 Å². The zero-order chi connectivity index (χ0) is 21.1. The van der Waals surface area contributed by atoms with Gasteiger partial charge in [-0.25, -0.2) is 4.98 Å². The van der Waals surface area contributed by atoms with Crippen LogP contribution in [0.1, 0.15) is 36.5 Å². The number of aromatic nitrogens is 1. The molecule has 0 bridgehead atoms. The summed E-state index contributed by atoms with van der Waals surface area (Å²) in [6.07, 6.45) is 0.335. The van der Waals surface area contributed by atoms with E-state index in [-0.39, 0.29) is 5.91 Å². The van der Waals surface area contributed by atoms with Gasteiger partial charge >= 0.3 is 0 Å². The van der Waals surface area contributed by atoms with Crippen molar-refractivity contribution in [3.63, 3.8) is 0 Å². The molecule has 1 amide bonds. The van der Waals surface area contributed by atoms with Crippen LogP contribution in [0.3, 0.4) is 0 Å². The van der Waals surface area contributed by atoms with Gasteiger partial charge in [0.05, 0.1) is 23.2 Å². The minimum atomic E-state index is 0.0290. The van der Waals surface area contributed by atoms with Crippen LogP contribution in [0.5, 0.6) is 0 Å². The first-order valence-corrected chi connectivity index (χ1v) is 11.2. The highest BCUT2D eigenvalue weighted by atomic mass is 35.5. The second-order valence-electron chi connectivity index (χ2n) is 7.65. The number of fused-ring (bicyclic) bond motifs is 1. The van der Waals surface area contributed by atoms with E-state index < -0.39 is 0 Å². The van der Waals surface area contributed by atoms with Gasteiger partial charge in [0.2, 0.25) is 5.91 Å². The summed E-state index contributed by atoms with van der Waals surface area (Å²) in [5, 5.41) is 1.36. The molecule has 1 heterocycles. The summed E-state index contributed by atoms with van der Waals surface area (Å²) in [5.74, 6) is 0.500. The van der Waals surface area contributed by atoms with Crippen LogP contribution in [0.15, 0.2) is 72.8 Å². The molecule has 0 fully saturated rings. The van der Waals surface area contributed by atoms with E-state index in [0.29, 0.717) is 29.0 Å². The van der Waals surface area contributed by atoms with E-state index in [9.17, 15) is 4.79 Å². The fraction of sp³-hybridized carbons (Fsp3) is 0.200. The normalized spacial score (nSPS) is 11.2. The third-order valence-corrected chi connectivity index (χ3v) is 6.33. The number of carbonyl (C=O) groups excluding carboxylic acids is 1. The molecule has 0 unspecified atom stereocenters. The van der Waals surface area contributed by atoms with Crippen LogP contribution in [0.2, 0.25) is 5.02 Å². The topological polar surface area (TPSA) is 33.2 Å². The molecule has 0 spiro atoms. The highest BCUT2D eigenvalue weighted by Gasteiger charge is 2.21. The number of amides is 1. The Morgan fingerprint density at radius 3 is 2.43 bits per heavy atom. The van der Waals surface area contributed by atoms with E-state index >= 15 is 0 Å². The Kier molecular flexibility index (Phi) is 6.16. The van der Waals surface area contributed by atoms with E-state index in [1.807, 2.05) is 60.7 Å². The van der Waals surface area contributed by atoms with E-state index in [2.05, 4.69) is 26.0 Å². The third-order valence-electron chi connectivity index (χ3n) is 5.06. The van der Waals surface area contributed by atoms with Gasteiger partial charge in [0.25, 0.3) is 0 Å². The fourth-order valence-electron chi connectivity index (χ4n) is 3.32. The van der Waals surface area contributed by atoms with Crippen molar-refractivity contribution in [2.45, 2.75) is 32.7 Å². The van der Waals surface area contributed by atoms with Crippen LogP contribution in [0.25, 0.3) is 10.2 Å². The summed E-state index contributed by atoms with van der Waals surface area (Å²) in [6, 6.07) is 23.9. The number of hydrogen-bond donors (Lipinski definition) is 0. The first kappa shape index (κ1) is 20.6. The Morgan fingerprint density at radius 1 is 1.00 bits per heavy atom. The van der Waals surface area contributed by atoms with Crippen LogP contribution in [-0.2, 0) is 17.8 Å². The minimum Gasteiger partial charge on any atom is -0.283 e. The summed E-state index contributed by atoms with van der Waals surface area (Å²) in [5.41, 5.74) is 4.20. The maximum Gasteiger partial charge on any atom is 0.233 e. The Morgan fingerprint density at radius 2 is 1.73 bits per heavy atom. The van der Waals surface area contributed by atoms with E-state index in [4.69, 9.17) is 16.6 Å². The zero-order valence-electron chi connectivity index (χ0n) is 17.0. The number of anilines is 1. The number of nitrogens with zero attached hydrogens (tertiary/aromatic N) is 2. The molecule has 30 heavy (non-hydrogen) atoms. The van der Waals surface area contributed by atoms with Crippen molar-refractivity contribution in [2.75, 3.05) is 4.90 Å². The highest BCUT2D eigenvalue weighted by molar-refractivity contribution is 7.22. The Bertz CT molecular complexity index is 1150. The van der Waals surface area contributed by atoms with Gasteiger partial charge in [-0.3, -0.25) is 9.69 Å². The molecule has 0 atom stereocenters. The summed E-state index contributed by atoms with van der Waals surface area (Å²) in [6.45, 7) is 4.82. The molecule has 0 saturated heterocycles. The SMILES string of the molecule is CC(C)c1ccc(CC(=O)N(Cc2ccccc2)c2nc3ccc(Cl)cc3s2)cc1. The Hall–Kier alpha value is -2.69. The van der Waals surface area contributed by atoms with Gasteiger partial charge in [0.1, 0.15) is 0 Å². The average molecular weight is 435 g/mol. The monoisotopic (exact) mass is 434 g/mol. The van der Waals surface area contributed by atoms with Crippen molar-refractivity contribution >= 4 is 44.2 Å². The van der Waals surface area contributed by atoms with Gasteiger partial charge in [-0.15, -0.1) is 0 Å². The maximum absolute atomic E-state index is 13.3. The van der Waals surface area contributed by atoms with Crippen molar-refractivity contribution in [1.82, 2.24) is 4.98 Å². The molecule has 4 aromatic rings. The molecule has 1 aromatic heterocycles. The average Bonchev–Trinajstić information content (AvgIpc) is 3.15. The van der Waals surface area contributed by atoms with Gasteiger partial charge in [0, 0.05) is 5.02 Å². The molecule has 0 aliphatic heterocycles. The first-order valence-electron chi connectivity index (χ1n) is 9.99. The summed E-state index contributed by atoms with van der Waals surface area (Å²) >= 11 is 7.63. The fourth-order valence-corrected chi connectivity index (χ4v) is 4.58. The summed E-state index contributed by atoms with van der Waals surface area (Å²) in [4.78, 5) is 19.8. The lowest BCUT2D eigenvalue weighted by Crippen LogP contribution is -2.31. The second-order valence-corrected chi connectivity index (χ2v) is 9.09. The summed E-state index contributed by atoms with van der Waals surface area (Å²) < 4.78 is 0.977. The largest absolute Gasteiger partial charge is 0.283 e. The van der Waals surface area contributed by atoms with Crippen molar-refractivity contribution in [2.24, 2.45) is 0 Å². The number of benzene rings is 3. The molecule has 0 aliphatic rings. The highest BCUT2D eigenvalue weighted by Crippen LogP contribution is 2.32. The Labute approximate surface area is 186 Å². The quantitative estimate of drug-likeness (QED) is 0.332. The van der Waals surface area contributed by atoms with Crippen LogP contribution in [0.4, 0.5) is 5.13 Å². The van der Waals surface area contributed by atoms with E-state index in [1.165, 1.54) is 16.9 Å². The van der Waals surface area contributed by atoms with Gasteiger partial charge in [0.15, 0.2) is 5.13 Å². The Balaban J connectivity index is 1.64. The number of rotatable bonds is 6. The number of hydrogen-bond acceptors (Lipinski definition) is 3. The lowest BCUT2D eigenvalue weighted by molar-refractivity contribution is -0.118. The molecular formula is C25H23ClN2OS. The molecule has 5 heteroatoms. The van der Waals surface area contributed by atoms with Crippen LogP contribution in [-0.4, -0.2) is 10.9 Å². The molecule has 0 radical (unpaired) electrons. The molecule has 0 saturated carbocycles. The lowest BCUT2D eigenvalue weighted by atomic mass is 10.0. The predicted octanol–water partition coefficient (Wildman–Crippen LogP) is 6.85. The van der Waals surface area contributed by atoms with Gasteiger partial charge in [-0.2, -0.15) is 0 Å². The molecule has 3 aromatic carbocycles. The van der Waals surface area contributed by atoms with Crippen molar-refractivity contribution in [3.05, 3.63) is 94.5 Å². The van der Waals surface area contributed by atoms with Crippen molar-refractivity contribution < 1.29 is 4.79 Å². The third kappa shape index (κ3) is 4.72. The number of carbonyl (C=O) groups is 1. The maximum atomic E-state index is 13.3. The standard InChI is InChI=1S/C25H23ClN2OS/c1-17(2)20-10-8-18(9-11-20)14-24(29)28(16-19-6-4-3-5-7-19)25-27-22-13-12-21(26)15-23(22)30-25/h3-13,15,17H,14,16H2,1-2H3. The van der Waals surface area contributed by atoms with Gasteiger partial charge in [-0.05, 0) is 40.8 Å². The van der Waals surface area contributed by atoms with Crippen molar-refractivity contribution in [3.8, 4) is 0 Å². The van der Waals surface area contributed by atoms with Crippen LogP contribution >= 0.6 is 22.9 Å². The second kappa shape index (κ2) is 8.99. The predicted molar refractivity (Wildman–Crippen MR) is 126 cm³/mol. The minimum absolute atomic E-state index is 0.0290. The van der Waals surface area contributed by atoms with E-state index in [1.54, 1.807) is 4.90 Å². The molecule has 152 valence electrons. The number of halogens is 1. The van der Waals surface area contributed by atoms with Crippen molar-refractivity contribution in [1.29, 1.82) is 0 Å². The zero-order valence-corrected chi connectivity index (χ0v) is 18.6.